The van der Waals surface area contributed by atoms with Crippen molar-refractivity contribution in [1.82, 2.24) is 14.5 Å². The van der Waals surface area contributed by atoms with Gasteiger partial charge in [0.15, 0.2) is 5.72 Å². The first-order valence-electron chi connectivity index (χ1n) is 11.9. The van der Waals surface area contributed by atoms with Crippen molar-refractivity contribution in [3.05, 3.63) is 59.7 Å². The van der Waals surface area contributed by atoms with Crippen LogP contribution in [0.4, 0.5) is 0 Å². The molecule has 2 fully saturated rings. The number of rotatable bonds is 1. The summed E-state index contributed by atoms with van der Waals surface area (Å²) in [7, 11) is 0. The Hall–Kier alpha value is -3.39. The minimum absolute atomic E-state index is 0.0232. The molecule has 7 heteroatoms. The van der Waals surface area contributed by atoms with Crippen molar-refractivity contribution >= 4 is 49.5 Å². The number of carbonyl (C=O) groups excluding carboxylic acids is 1. The third-order valence-electron chi connectivity index (χ3n) is 9.50. The Bertz CT molecular complexity index is 1830. The highest BCUT2D eigenvalue weighted by Crippen LogP contribution is 2.79. The van der Waals surface area contributed by atoms with Crippen LogP contribution in [0, 0.1) is 5.41 Å². The third kappa shape index (κ3) is 1.43. The number of aromatic nitrogens is 2. The van der Waals surface area contributed by atoms with Crippen molar-refractivity contribution < 1.29 is 14.6 Å². The first kappa shape index (κ1) is 18.0. The summed E-state index contributed by atoms with van der Waals surface area (Å²) in [6.07, 6.45) is 0.330. The Morgan fingerprint density at radius 2 is 1.79 bits per heavy atom. The molecule has 3 unspecified atom stereocenters. The summed E-state index contributed by atoms with van der Waals surface area (Å²) in [6, 6.07) is 16.6. The molecule has 9 rings (SSSR count). The zero-order valence-electron chi connectivity index (χ0n) is 18.6. The lowest BCUT2D eigenvalue weighted by Crippen LogP contribution is -2.38. The lowest BCUT2D eigenvalue weighted by atomic mass is 9.95. The average molecular weight is 450 g/mol. The lowest BCUT2D eigenvalue weighted by Gasteiger charge is -2.26. The molecule has 3 aliphatic heterocycles. The van der Waals surface area contributed by atoms with Gasteiger partial charge in [0.25, 0.3) is 5.91 Å². The summed E-state index contributed by atoms with van der Waals surface area (Å²) in [5.74, 6) is -0.0232. The second kappa shape index (κ2) is 5.00. The van der Waals surface area contributed by atoms with Crippen LogP contribution in [0.15, 0.2) is 48.5 Å². The second-order valence-corrected chi connectivity index (χ2v) is 10.6. The minimum atomic E-state index is -0.863. The molecule has 5 heterocycles. The van der Waals surface area contributed by atoms with Crippen molar-refractivity contribution in [1.29, 1.82) is 0 Å². The maximum atomic E-state index is 13.2. The molecule has 2 aromatic heterocycles. The van der Waals surface area contributed by atoms with Gasteiger partial charge < -0.3 is 30.0 Å². The monoisotopic (exact) mass is 450 g/mol. The molecular weight excluding hydrogens is 428 g/mol. The molecule has 4 atom stereocenters. The molecule has 4 aliphatic rings. The van der Waals surface area contributed by atoms with Crippen molar-refractivity contribution in [2.45, 2.75) is 37.4 Å². The number of nitrogens with one attached hydrogen (secondary N) is 1. The van der Waals surface area contributed by atoms with E-state index in [0.29, 0.717) is 13.0 Å². The smallest absolute Gasteiger partial charge is 0.252 e. The summed E-state index contributed by atoms with van der Waals surface area (Å²) in [5.41, 5.74) is 10.8. The summed E-state index contributed by atoms with van der Waals surface area (Å²) in [6.45, 7) is 2.46. The fourth-order valence-corrected chi connectivity index (χ4v) is 8.05. The van der Waals surface area contributed by atoms with Gasteiger partial charge >= 0.3 is 0 Å². The van der Waals surface area contributed by atoms with Crippen LogP contribution in [-0.2, 0) is 17.0 Å². The van der Waals surface area contributed by atoms with Gasteiger partial charge in [-0.15, -0.1) is 0 Å². The fraction of sp³-hybridized carbons (Fsp3) is 0.296. The first-order chi connectivity index (χ1) is 16.5. The van der Waals surface area contributed by atoms with Gasteiger partial charge in [0.05, 0.1) is 45.2 Å². The highest BCUT2D eigenvalue weighted by atomic mass is 16.6. The molecule has 0 radical (unpaired) electrons. The van der Waals surface area contributed by atoms with Crippen molar-refractivity contribution in [2.24, 2.45) is 11.1 Å². The molecule has 1 spiro atoms. The molecule has 7 nitrogen and oxygen atoms in total. The summed E-state index contributed by atoms with van der Waals surface area (Å²) < 4.78 is 11.5. The summed E-state index contributed by atoms with van der Waals surface area (Å²) in [4.78, 5) is 13.2. The Balaban J connectivity index is 1.67. The number of aliphatic hydroxyl groups excluding tert-OH is 1. The number of fused-ring (bicyclic) bond motifs is 11. The van der Waals surface area contributed by atoms with Crippen molar-refractivity contribution in [3.8, 4) is 0 Å². The Morgan fingerprint density at radius 1 is 1.09 bits per heavy atom. The zero-order valence-corrected chi connectivity index (χ0v) is 18.6. The van der Waals surface area contributed by atoms with Gasteiger partial charge in [-0.1, -0.05) is 36.4 Å². The van der Waals surface area contributed by atoms with Crippen LogP contribution in [0.2, 0.25) is 0 Å². The summed E-state index contributed by atoms with van der Waals surface area (Å²) in [5, 5.41) is 18.1. The van der Waals surface area contributed by atoms with Crippen molar-refractivity contribution in [3.63, 3.8) is 0 Å². The molecule has 1 saturated heterocycles. The molecule has 1 aliphatic carbocycles. The predicted molar refractivity (Wildman–Crippen MR) is 128 cm³/mol. The number of aliphatic hydroxyl groups is 1. The van der Waals surface area contributed by atoms with Gasteiger partial charge in [0, 0.05) is 34.5 Å². The van der Waals surface area contributed by atoms with Crippen LogP contribution in [0.25, 0.3) is 43.6 Å². The molecule has 4 N–H and O–H groups in total. The maximum Gasteiger partial charge on any atom is 0.252 e. The zero-order chi connectivity index (χ0) is 22.8. The quantitative estimate of drug-likeness (QED) is 0.365. The molecule has 3 aromatic carbocycles. The number of hydrogen-bond acceptors (Lipinski definition) is 4. The largest absolute Gasteiger partial charge is 0.396 e. The van der Waals surface area contributed by atoms with Crippen LogP contribution in [-0.4, -0.2) is 32.3 Å². The highest BCUT2D eigenvalue weighted by Gasteiger charge is 2.90. The predicted octanol–water partition coefficient (Wildman–Crippen LogP) is 3.44. The van der Waals surface area contributed by atoms with Crippen LogP contribution < -0.4 is 11.1 Å². The van der Waals surface area contributed by atoms with Crippen LogP contribution in [0.1, 0.15) is 35.5 Å². The number of benzene rings is 3. The van der Waals surface area contributed by atoms with Crippen LogP contribution in [0.5, 0.6) is 0 Å². The number of hydrogen-bond donors (Lipinski definition) is 3. The molecule has 1 amide bonds. The van der Waals surface area contributed by atoms with E-state index in [2.05, 4.69) is 38.7 Å². The molecule has 168 valence electrons. The molecular formula is C27H22N4O3. The Morgan fingerprint density at radius 3 is 2.56 bits per heavy atom. The molecule has 1 saturated carbocycles. The SMILES string of the molecule is CC1(N)C23OC(C[C@@]12CO)n1c2ccccc2c2c4c(c5c6ccccc6n3c5c21)CNC4=O. The number of ether oxygens (including phenoxy) is 1. The van der Waals surface area contributed by atoms with Gasteiger partial charge in [-0.3, -0.25) is 4.79 Å². The normalized spacial score (nSPS) is 32.7. The van der Waals surface area contributed by atoms with Gasteiger partial charge in [-0.25, -0.2) is 0 Å². The average Bonchev–Trinajstić information content (AvgIpc) is 3.40. The van der Waals surface area contributed by atoms with Gasteiger partial charge in [0.1, 0.15) is 6.23 Å². The lowest BCUT2D eigenvalue weighted by molar-refractivity contribution is -0.0855. The molecule has 34 heavy (non-hydrogen) atoms. The number of nitrogens with two attached hydrogens (primary N) is 1. The van der Waals surface area contributed by atoms with Gasteiger partial charge in [0.2, 0.25) is 0 Å². The summed E-state index contributed by atoms with van der Waals surface area (Å²) >= 11 is 0. The van der Waals surface area contributed by atoms with E-state index in [1.54, 1.807) is 0 Å². The van der Waals surface area contributed by atoms with E-state index in [1.807, 2.05) is 31.2 Å². The minimum Gasteiger partial charge on any atom is -0.396 e. The Kier molecular flexibility index (Phi) is 2.65. The van der Waals surface area contributed by atoms with Crippen molar-refractivity contribution in [2.75, 3.05) is 6.61 Å². The van der Waals surface area contributed by atoms with E-state index in [0.717, 1.165) is 54.7 Å². The van der Waals surface area contributed by atoms with E-state index >= 15 is 0 Å². The Labute approximate surface area is 193 Å². The first-order valence-corrected chi connectivity index (χ1v) is 11.9. The number of para-hydroxylation sites is 2. The number of amides is 1. The highest BCUT2D eigenvalue weighted by molar-refractivity contribution is 6.31. The fourth-order valence-electron chi connectivity index (χ4n) is 8.05. The van der Waals surface area contributed by atoms with Crippen LogP contribution >= 0.6 is 0 Å². The van der Waals surface area contributed by atoms with E-state index < -0.39 is 16.7 Å². The van der Waals surface area contributed by atoms with Crippen LogP contribution in [0.3, 0.4) is 0 Å². The van der Waals surface area contributed by atoms with E-state index in [4.69, 9.17) is 10.5 Å². The standard InChI is InChI=1S/C27H22N4O3/c1-25(28)26(12-32)10-18-30-16-8-4-2-6-13(16)20-21-15(11-29-24(21)33)19-14-7-3-5-9-17(14)31(23(19)22(20)30)27(25,26)34-18/h2-9,18,32H,10-12,28H2,1H3,(H,29,33)/t18?,25?,26-,27?/m1/s1. The maximum absolute atomic E-state index is 13.2. The molecule has 5 aromatic rings. The topological polar surface area (TPSA) is 94.4 Å². The number of nitrogens with zero attached hydrogens (tertiary/aromatic N) is 2. The third-order valence-corrected chi connectivity index (χ3v) is 9.50. The second-order valence-electron chi connectivity index (χ2n) is 10.6. The van der Waals surface area contributed by atoms with E-state index in [-0.39, 0.29) is 18.7 Å². The van der Waals surface area contributed by atoms with E-state index in [9.17, 15) is 9.90 Å². The number of carbonyl (C=O) groups is 1. The van der Waals surface area contributed by atoms with Gasteiger partial charge in [-0.05, 0) is 24.6 Å². The molecule has 2 bridgehead atoms. The van der Waals surface area contributed by atoms with E-state index in [1.165, 1.54) is 0 Å². The van der Waals surface area contributed by atoms with Gasteiger partial charge in [-0.2, -0.15) is 0 Å².